The highest BCUT2D eigenvalue weighted by Gasteiger charge is 2.17. The molecule has 3 rings (SSSR count). The lowest BCUT2D eigenvalue weighted by Gasteiger charge is -2.06. The van der Waals surface area contributed by atoms with Crippen molar-refractivity contribution in [3.8, 4) is 11.5 Å². The Balaban J connectivity index is 1.91. The van der Waals surface area contributed by atoms with Crippen LogP contribution in [0.5, 0.6) is 0 Å². The lowest BCUT2D eigenvalue weighted by molar-refractivity contribution is 0.484. The highest BCUT2D eigenvalue weighted by molar-refractivity contribution is 9.10. The van der Waals surface area contributed by atoms with Crippen molar-refractivity contribution in [3.05, 3.63) is 64.7 Å². The predicted octanol–water partition coefficient (Wildman–Crippen LogP) is 2.94. The largest absolute Gasteiger partial charge is 0.419 e. The second-order valence-corrected chi connectivity index (χ2v) is 5.14. The molecule has 2 N–H and O–H groups in total. The second-order valence-electron chi connectivity index (χ2n) is 4.23. The van der Waals surface area contributed by atoms with Crippen molar-refractivity contribution in [1.82, 2.24) is 15.2 Å². The van der Waals surface area contributed by atoms with Crippen molar-refractivity contribution < 1.29 is 4.42 Å². The van der Waals surface area contributed by atoms with Crippen molar-refractivity contribution in [1.29, 1.82) is 0 Å². The first-order valence-corrected chi connectivity index (χ1v) is 6.78. The third-order valence-electron chi connectivity index (χ3n) is 2.82. The molecule has 1 unspecified atom stereocenters. The summed E-state index contributed by atoms with van der Waals surface area (Å²) in [5.74, 6) is 0.784. The smallest absolute Gasteiger partial charge is 0.249 e. The highest BCUT2D eigenvalue weighted by atomic mass is 79.9. The van der Waals surface area contributed by atoms with Gasteiger partial charge in [0, 0.05) is 16.9 Å². The highest BCUT2D eigenvalue weighted by Crippen LogP contribution is 2.24. The van der Waals surface area contributed by atoms with E-state index < -0.39 is 6.04 Å². The molecule has 2 heterocycles. The molecule has 0 aliphatic heterocycles. The number of pyridine rings is 1. The Morgan fingerprint density at radius 1 is 1.10 bits per heavy atom. The lowest BCUT2D eigenvalue weighted by atomic mass is 10.1. The van der Waals surface area contributed by atoms with Gasteiger partial charge in [-0.05, 0) is 27.6 Å². The summed E-state index contributed by atoms with van der Waals surface area (Å²) < 4.78 is 6.48. The number of nitrogens with zero attached hydrogens (tertiary/aromatic N) is 3. The van der Waals surface area contributed by atoms with Gasteiger partial charge < -0.3 is 10.2 Å². The fraction of sp³-hybridized carbons (Fsp3) is 0.0714. The van der Waals surface area contributed by atoms with Gasteiger partial charge in [-0.15, -0.1) is 10.2 Å². The number of aromatic nitrogens is 3. The minimum atomic E-state index is -0.433. The zero-order valence-corrected chi connectivity index (χ0v) is 12.0. The summed E-state index contributed by atoms with van der Waals surface area (Å²) in [6.07, 6.45) is 3.35. The van der Waals surface area contributed by atoms with Crippen LogP contribution in [0.15, 0.2) is 57.7 Å². The summed E-state index contributed by atoms with van der Waals surface area (Å²) in [6, 6.07) is 11.1. The fourth-order valence-corrected chi connectivity index (χ4v) is 2.17. The SMILES string of the molecule is NC(c1ccccc1)c1nnc(-c2cncc(Br)c2)o1. The number of hydrogen-bond acceptors (Lipinski definition) is 5. The summed E-state index contributed by atoms with van der Waals surface area (Å²) in [6.45, 7) is 0. The molecule has 1 aromatic carbocycles. The van der Waals surface area contributed by atoms with E-state index in [0.29, 0.717) is 11.8 Å². The standard InChI is InChI=1S/C14H11BrN4O/c15-11-6-10(7-17-8-11)13-18-19-14(20-13)12(16)9-4-2-1-3-5-9/h1-8,12H,16H2. The van der Waals surface area contributed by atoms with Crippen molar-refractivity contribution in [2.45, 2.75) is 6.04 Å². The van der Waals surface area contributed by atoms with E-state index in [2.05, 4.69) is 31.1 Å². The van der Waals surface area contributed by atoms with E-state index in [0.717, 1.165) is 15.6 Å². The monoisotopic (exact) mass is 330 g/mol. The molecule has 0 fully saturated rings. The van der Waals surface area contributed by atoms with Crippen LogP contribution in [0.25, 0.3) is 11.5 Å². The zero-order valence-electron chi connectivity index (χ0n) is 10.4. The molecule has 5 nitrogen and oxygen atoms in total. The molecule has 0 spiro atoms. The molecule has 0 radical (unpaired) electrons. The first kappa shape index (κ1) is 13.0. The van der Waals surface area contributed by atoms with E-state index in [1.54, 1.807) is 12.4 Å². The molecular weight excluding hydrogens is 320 g/mol. The van der Waals surface area contributed by atoms with Gasteiger partial charge in [-0.3, -0.25) is 4.98 Å². The number of nitrogens with two attached hydrogens (primary N) is 1. The Morgan fingerprint density at radius 3 is 2.65 bits per heavy atom. The van der Waals surface area contributed by atoms with Gasteiger partial charge in [0.1, 0.15) is 6.04 Å². The van der Waals surface area contributed by atoms with Gasteiger partial charge in [0.05, 0.1) is 5.56 Å². The summed E-state index contributed by atoms with van der Waals surface area (Å²) in [7, 11) is 0. The Bertz CT molecular complexity index is 714. The van der Waals surface area contributed by atoms with E-state index in [1.165, 1.54) is 0 Å². The van der Waals surface area contributed by atoms with Gasteiger partial charge in [0.2, 0.25) is 11.8 Å². The average Bonchev–Trinajstić information content (AvgIpc) is 2.97. The van der Waals surface area contributed by atoms with Gasteiger partial charge in [-0.2, -0.15) is 0 Å². The maximum atomic E-state index is 6.12. The Morgan fingerprint density at radius 2 is 1.90 bits per heavy atom. The van der Waals surface area contributed by atoms with Crippen molar-refractivity contribution in [3.63, 3.8) is 0 Å². The number of hydrogen-bond donors (Lipinski definition) is 1. The minimum absolute atomic E-state index is 0.381. The molecule has 0 aliphatic carbocycles. The summed E-state index contributed by atoms with van der Waals surface area (Å²) >= 11 is 3.35. The van der Waals surface area contributed by atoms with Gasteiger partial charge in [0.15, 0.2) is 0 Å². The fourth-order valence-electron chi connectivity index (χ4n) is 1.81. The van der Waals surface area contributed by atoms with Crippen molar-refractivity contribution in [2.24, 2.45) is 5.73 Å². The maximum absolute atomic E-state index is 6.12. The van der Waals surface area contributed by atoms with Crippen LogP contribution in [0, 0.1) is 0 Å². The molecular formula is C14H11BrN4O. The molecule has 3 aromatic rings. The van der Waals surface area contributed by atoms with Gasteiger partial charge >= 0.3 is 0 Å². The van der Waals surface area contributed by atoms with Crippen LogP contribution in [-0.4, -0.2) is 15.2 Å². The van der Waals surface area contributed by atoms with E-state index in [-0.39, 0.29) is 0 Å². The van der Waals surface area contributed by atoms with Crippen LogP contribution in [0.3, 0.4) is 0 Å². The quantitative estimate of drug-likeness (QED) is 0.798. The molecule has 2 aromatic heterocycles. The second kappa shape index (κ2) is 5.52. The van der Waals surface area contributed by atoms with Crippen molar-refractivity contribution >= 4 is 15.9 Å². The normalized spacial score (nSPS) is 12.3. The van der Waals surface area contributed by atoms with E-state index in [1.807, 2.05) is 36.4 Å². The van der Waals surface area contributed by atoms with Crippen LogP contribution in [0.4, 0.5) is 0 Å². The van der Waals surface area contributed by atoms with Crippen molar-refractivity contribution in [2.75, 3.05) is 0 Å². The lowest BCUT2D eigenvalue weighted by Crippen LogP contribution is -2.11. The Kier molecular flexibility index (Phi) is 3.58. The maximum Gasteiger partial charge on any atom is 0.249 e. The summed E-state index contributed by atoms with van der Waals surface area (Å²) in [4.78, 5) is 4.07. The molecule has 20 heavy (non-hydrogen) atoms. The average molecular weight is 331 g/mol. The summed E-state index contributed by atoms with van der Waals surface area (Å²) in [5.41, 5.74) is 7.79. The van der Waals surface area contributed by atoms with E-state index in [4.69, 9.17) is 10.2 Å². The third-order valence-corrected chi connectivity index (χ3v) is 3.25. The number of benzene rings is 1. The van der Waals surface area contributed by atoms with Crippen LogP contribution in [0.2, 0.25) is 0 Å². The summed E-state index contributed by atoms with van der Waals surface area (Å²) in [5, 5.41) is 8.03. The van der Waals surface area contributed by atoms with Gasteiger partial charge in [-0.25, -0.2) is 0 Å². The van der Waals surface area contributed by atoms with E-state index >= 15 is 0 Å². The van der Waals surface area contributed by atoms with Crippen LogP contribution in [0.1, 0.15) is 17.5 Å². The van der Waals surface area contributed by atoms with E-state index in [9.17, 15) is 0 Å². The molecule has 0 saturated carbocycles. The molecule has 0 saturated heterocycles. The molecule has 0 bridgehead atoms. The Labute approximate surface area is 124 Å². The number of halogens is 1. The topological polar surface area (TPSA) is 77.8 Å². The van der Waals surface area contributed by atoms with Gasteiger partial charge in [-0.1, -0.05) is 30.3 Å². The molecule has 100 valence electrons. The first-order valence-electron chi connectivity index (χ1n) is 5.99. The molecule has 0 amide bonds. The predicted molar refractivity (Wildman–Crippen MR) is 77.7 cm³/mol. The van der Waals surface area contributed by atoms with Crippen LogP contribution >= 0.6 is 15.9 Å². The third kappa shape index (κ3) is 2.61. The van der Waals surface area contributed by atoms with Gasteiger partial charge in [0.25, 0.3) is 0 Å². The Hall–Kier alpha value is -2.05. The molecule has 0 aliphatic rings. The minimum Gasteiger partial charge on any atom is -0.419 e. The molecule has 6 heteroatoms. The van der Waals surface area contributed by atoms with Crippen LogP contribution in [-0.2, 0) is 0 Å². The number of rotatable bonds is 3. The zero-order chi connectivity index (χ0) is 13.9. The first-order chi connectivity index (χ1) is 9.74. The molecule has 1 atom stereocenters. The van der Waals surface area contributed by atoms with Crippen LogP contribution < -0.4 is 5.73 Å².